The van der Waals surface area contributed by atoms with Gasteiger partial charge in [-0.15, -0.1) is 0 Å². The van der Waals surface area contributed by atoms with Gasteiger partial charge in [-0.1, -0.05) is 13.8 Å². The van der Waals surface area contributed by atoms with Gasteiger partial charge in [-0.25, -0.2) is 5.01 Å². The van der Waals surface area contributed by atoms with Gasteiger partial charge in [0.2, 0.25) is 0 Å². The first kappa shape index (κ1) is 14.6. The predicted molar refractivity (Wildman–Crippen MR) is 63.4 cm³/mol. The van der Waals surface area contributed by atoms with Crippen LogP contribution in [0.2, 0.25) is 0 Å². The molecule has 0 spiro atoms. The van der Waals surface area contributed by atoms with Gasteiger partial charge >= 0.3 is 0 Å². The monoisotopic (exact) mass is 215 g/mol. The second-order valence-electron chi connectivity index (χ2n) is 3.78. The molecule has 4 nitrogen and oxygen atoms in total. The molecule has 0 radical (unpaired) electrons. The minimum atomic E-state index is -0.103. The van der Waals surface area contributed by atoms with E-state index in [0.717, 1.165) is 38.6 Å². The average Bonchev–Trinajstić information content (AvgIpc) is 2.30. The molecule has 0 unspecified atom stereocenters. The molecule has 90 valence electrons. The van der Waals surface area contributed by atoms with Gasteiger partial charge in [-0.3, -0.25) is 5.43 Å². The Bertz CT molecular complexity index is 165. The summed E-state index contributed by atoms with van der Waals surface area (Å²) >= 11 is 0. The van der Waals surface area contributed by atoms with Gasteiger partial charge in [0.1, 0.15) is 6.29 Å². The fourth-order valence-electron chi connectivity index (χ4n) is 1.77. The molecule has 0 aliphatic carbocycles. The Morgan fingerprint density at radius 2 is 1.93 bits per heavy atom. The molecule has 1 saturated heterocycles. The van der Waals surface area contributed by atoms with Gasteiger partial charge in [0, 0.05) is 25.0 Å². The molecule has 0 aromatic carbocycles. The van der Waals surface area contributed by atoms with Crippen LogP contribution in [-0.4, -0.2) is 37.0 Å². The molecule has 1 heterocycles. The van der Waals surface area contributed by atoms with Crippen LogP contribution in [-0.2, 0) is 4.79 Å². The molecular formula is C11H25N3O. The van der Waals surface area contributed by atoms with Crippen LogP contribution >= 0.6 is 0 Å². The molecule has 1 rings (SSSR count). The molecule has 0 aromatic rings. The van der Waals surface area contributed by atoms with Crippen molar-refractivity contribution in [1.29, 1.82) is 0 Å². The lowest BCUT2D eigenvalue weighted by Crippen LogP contribution is -2.53. The summed E-state index contributed by atoms with van der Waals surface area (Å²) in [6.07, 6.45) is 4.33. The van der Waals surface area contributed by atoms with Gasteiger partial charge in [-0.05, 0) is 26.3 Å². The van der Waals surface area contributed by atoms with E-state index in [4.69, 9.17) is 5.73 Å². The lowest BCUT2D eigenvalue weighted by molar-refractivity contribution is -0.108. The number of nitrogens with one attached hydrogen (secondary N) is 1. The second-order valence-corrected chi connectivity index (χ2v) is 3.78. The lowest BCUT2D eigenvalue weighted by atomic mass is 9.85. The van der Waals surface area contributed by atoms with Crippen LogP contribution in [0.4, 0.5) is 0 Å². The topological polar surface area (TPSA) is 58.4 Å². The minimum absolute atomic E-state index is 0.103. The van der Waals surface area contributed by atoms with E-state index in [1.807, 2.05) is 20.9 Å². The Balaban J connectivity index is 0.000000921. The van der Waals surface area contributed by atoms with E-state index in [9.17, 15) is 4.79 Å². The second kappa shape index (κ2) is 7.79. The van der Waals surface area contributed by atoms with E-state index >= 15 is 0 Å². The Kier molecular flexibility index (Phi) is 7.56. The first-order valence-electron chi connectivity index (χ1n) is 5.85. The highest BCUT2D eigenvalue weighted by molar-refractivity contribution is 5.49. The van der Waals surface area contributed by atoms with Crippen molar-refractivity contribution in [1.82, 2.24) is 10.4 Å². The first-order valence-corrected chi connectivity index (χ1v) is 5.85. The molecule has 0 saturated carbocycles. The van der Waals surface area contributed by atoms with Crippen molar-refractivity contribution in [2.24, 2.45) is 5.73 Å². The lowest BCUT2D eigenvalue weighted by Gasteiger charge is -2.38. The third-order valence-corrected chi connectivity index (χ3v) is 2.84. The standard InChI is InChI=1S/C9H19N3O.C2H6/c1-11-12-6-4-9(10,5-7-12)3-2-8-13;1-2/h8,11H,2-7,10H2,1H3;1-2H3. The Morgan fingerprint density at radius 1 is 1.40 bits per heavy atom. The molecule has 0 atom stereocenters. The van der Waals surface area contributed by atoms with Gasteiger partial charge in [0.15, 0.2) is 0 Å². The van der Waals surface area contributed by atoms with Crippen molar-refractivity contribution in [3.63, 3.8) is 0 Å². The zero-order chi connectivity index (χ0) is 11.7. The highest BCUT2D eigenvalue weighted by atomic mass is 16.1. The van der Waals surface area contributed by atoms with Gasteiger partial charge in [0.25, 0.3) is 0 Å². The number of nitrogens with two attached hydrogens (primary N) is 1. The van der Waals surface area contributed by atoms with E-state index in [2.05, 4.69) is 10.4 Å². The van der Waals surface area contributed by atoms with E-state index < -0.39 is 0 Å². The molecular weight excluding hydrogens is 190 g/mol. The van der Waals surface area contributed by atoms with Crippen LogP contribution in [0.15, 0.2) is 0 Å². The normalized spacial score (nSPS) is 20.3. The summed E-state index contributed by atoms with van der Waals surface area (Å²) in [7, 11) is 1.93. The summed E-state index contributed by atoms with van der Waals surface area (Å²) in [5.41, 5.74) is 9.15. The number of carbonyl (C=O) groups is 1. The molecule has 1 fully saturated rings. The van der Waals surface area contributed by atoms with Crippen LogP contribution < -0.4 is 11.2 Å². The van der Waals surface area contributed by atoms with Crippen LogP contribution in [0, 0.1) is 0 Å². The maximum atomic E-state index is 10.2. The van der Waals surface area contributed by atoms with Crippen molar-refractivity contribution in [2.75, 3.05) is 20.1 Å². The zero-order valence-corrected chi connectivity index (χ0v) is 10.3. The molecule has 1 aliphatic rings. The largest absolute Gasteiger partial charge is 0.325 e. The Morgan fingerprint density at radius 3 is 2.33 bits per heavy atom. The minimum Gasteiger partial charge on any atom is -0.325 e. The van der Waals surface area contributed by atoms with Crippen molar-refractivity contribution in [2.45, 2.75) is 45.1 Å². The van der Waals surface area contributed by atoms with E-state index in [1.165, 1.54) is 0 Å². The fourth-order valence-corrected chi connectivity index (χ4v) is 1.77. The zero-order valence-electron chi connectivity index (χ0n) is 10.3. The Labute approximate surface area is 93.2 Å². The molecule has 4 heteroatoms. The number of hydrogen-bond donors (Lipinski definition) is 2. The highest BCUT2D eigenvalue weighted by Crippen LogP contribution is 2.22. The van der Waals surface area contributed by atoms with Crippen molar-refractivity contribution >= 4 is 6.29 Å². The number of piperidine rings is 1. The quantitative estimate of drug-likeness (QED) is 0.685. The number of hydrazine groups is 1. The highest BCUT2D eigenvalue weighted by Gasteiger charge is 2.29. The molecule has 15 heavy (non-hydrogen) atoms. The van der Waals surface area contributed by atoms with Gasteiger partial charge < -0.3 is 10.5 Å². The Hall–Kier alpha value is -0.450. The first-order chi connectivity index (χ1) is 7.20. The number of carbonyl (C=O) groups excluding carboxylic acids is 1. The number of hydrogen-bond acceptors (Lipinski definition) is 4. The van der Waals surface area contributed by atoms with Crippen LogP contribution in [0.1, 0.15) is 39.5 Å². The van der Waals surface area contributed by atoms with Crippen molar-refractivity contribution in [3.8, 4) is 0 Å². The van der Waals surface area contributed by atoms with Crippen LogP contribution in [0.3, 0.4) is 0 Å². The SMILES string of the molecule is CC.CNN1CCC(N)(CCC=O)CC1. The smallest absolute Gasteiger partial charge is 0.120 e. The predicted octanol–water partition coefficient (Wildman–Crippen LogP) is 0.919. The summed E-state index contributed by atoms with van der Waals surface area (Å²) in [5.74, 6) is 0. The van der Waals surface area contributed by atoms with Crippen LogP contribution in [0.5, 0.6) is 0 Å². The number of nitrogens with zero attached hydrogens (tertiary/aromatic N) is 1. The molecule has 0 aromatic heterocycles. The molecule has 3 N–H and O–H groups in total. The third-order valence-electron chi connectivity index (χ3n) is 2.84. The van der Waals surface area contributed by atoms with Gasteiger partial charge in [0.05, 0.1) is 0 Å². The summed E-state index contributed by atoms with van der Waals surface area (Å²) in [4.78, 5) is 10.2. The summed E-state index contributed by atoms with van der Waals surface area (Å²) in [6, 6.07) is 0. The average molecular weight is 215 g/mol. The third kappa shape index (κ3) is 5.25. The molecule has 0 amide bonds. The van der Waals surface area contributed by atoms with E-state index in [1.54, 1.807) is 0 Å². The summed E-state index contributed by atoms with van der Waals surface area (Å²) in [6.45, 7) is 5.96. The maximum Gasteiger partial charge on any atom is 0.120 e. The number of rotatable bonds is 4. The van der Waals surface area contributed by atoms with Gasteiger partial charge in [-0.2, -0.15) is 0 Å². The van der Waals surface area contributed by atoms with E-state index in [-0.39, 0.29) is 5.54 Å². The summed E-state index contributed by atoms with van der Waals surface area (Å²) < 4.78 is 0. The van der Waals surface area contributed by atoms with Crippen molar-refractivity contribution in [3.05, 3.63) is 0 Å². The van der Waals surface area contributed by atoms with Crippen molar-refractivity contribution < 1.29 is 4.79 Å². The summed E-state index contributed by atoms with van der Waals surface area (Å²) in [5, 5.41) is 2.16. The van der Waals surface area contributed by atoms with Crippen LogP contribution in [0.25, 0.3) is 0 Å². The molecule has 1 aliphatic heterocycles. The fraction of sp³-hybridized carbons (Fsp3) is 0.909. The number of aldehydes is 1. The van der Waals surface area contributed by atoms with E-state index in [0.29, 0.717) is 6.42 Å². The molecule has 0 bridgehead atoms. The maximum absolute atomic E-state index is 10.2.